The number of Topliss-reactive ketones (excluding diaryl/α,β-unsaturated/α-hetero) is 2. The Morgan fingerprint density at radius 3 is 2.30 bits per heavy atom. The minimum atomic E-state index is -1.32. The molecular weight excluding hydrogens is 359 g/mol. The number of alkyl halides is 1. The lowest BCUT2D eigenvalue weighted by molar-refractivity contribution is -0.123. The lowest BCUT2D eigenvalue weighted by Crippen LogP contribution is -2.36. The first kappa shape index (κ1) is 17.8. The van der Waals surface area contributed by atoms with E-state index < -0.39 is 23.0 Å². The van der Waals surface area contributed by atoms with E-state index in [4.69, 9.17) is 39.5 Å². The number of hydrogen-bond donors (Lipinski definition) is 0. The van der Waals surface area contributed by atoms with Crippen LogP contribution in [0.3, 0.4) is 0 Å². The van der Waals surface area contributed by atoms with Crippen LogP contribution >= 0.6 is 34.8 Å². The molecule has 0 radical (unpaired) electrons. The van der Waals surface area contributed by atoms with Crippen molar-refractivity contribution in [3.05, 3.63) is 64.1 Å². The maximum atomic E-state index is 12.3. The van der Waals surface area contributed by atoms with Crippen molar-refractivity contribution < 1.29 is 14.3 Å². The maximum Gasteiger partial charge on any atom is 0.198 e. The number of carbonyl (C=O) groups excluding carboxylic acids is 2. The summed E-state index contributed by atoms with van der Waals surface area (Å²) in [6.45, 7) is 1.51. The minimum absolute atomic E-state index is 0.276. The van der Waals surface area contributed by atoms with Crippen LogP contribution in [0.4, 0.5) is 0 Å². The summed E-state index contributed by atoms with van der Waals surface area (Å²) in [5.74, 6) is -0.700. The van der Waals surface area contributed by atoms with E-state index >= 15 is 0 Å². The lowest BCUT2D eigenvalue weighted by Gasteiger charge is -2.17. The standard InChI is InChI=1S/C17H13Cl3O3/c1-10(23-14-8-7-12(18)9-13(14)19)16(21)15(20)17(22)11-5-3-2-4-6-11/h2-10,15H,1H3. The number of halogens is 3. The first-order valence-corrected chi connectivity index (χ1v) is 7.98. The van der Waals surface area contributed by atoms with E-state index in [1.807, 2.05) is 0 Å². The van der Waals surface area contributed by atoms with Gasteiger partial charge in [-0.05, 0) is 25.1 Å². The van der Waals surface area contributed by atoms with Gasteiger partial charge >= 0.3 is 0 Å². The molecule has 0 N–H and O–H groups in total. The summed E-state index contributed by atoms with van der Waals surface area (Å²) in [5, 5.41) is -0.591. The van der Waals surface area contributed by atoms with E-state index in [1.54, 1.807) is 42.5 Å². The van der Waals surface area contributed by atoms with Crippen molar-refractivity contribution in [3.8, 4) is 5.75 Å². The maximum absolute atomic E-state index is 12.3. The van der Waals surface area contributed by atoms with Gasteiger partial charge in [-0.25, -0.2) is 0 Å². The normalized spacial score (nSPS) is 13.2. The van der Waals surface area contributed by atoms with Crippen molar-refractivity contribution in [2.45, 2.75) is 18.4 Å². The molecule has 0 aromatic heterocycles. The Hall–Kier alpha value is -1.55. The molecule has 0 amide bonds. The summed E-state index contributed by atoms with van der Waals surface area (Å²) >= 11 is 17.8. The molecule has 0 spiro atoms. The topological polar surface area (TPSA) is 43.4 Å². The minimum Gasteiger partial charge on any atom is -0.481 e. The van der Waals surface area contributed by atoms with Crippen molar-refractivity contribution >= 4 is 46.4 Å². The number of rotatable bonds is 6. The van der Waals surface area contributed by atoms with Gasteiger partial charge in [0.25, 0.3) is 0 Å². The van der Waals surface area contributed by atoms with Gasteiger partial charge in [-0.2, -0.15) is 0 Å². The average molecular weight is 372 g/mol. The third-order valence-corrected chi connectivity index (χ3v) is 4.08. The van der Waals surface area contributed by atoms with Crippen LogP contribution in [0.15, 0.2) is 48.5 Å². The van der Waals surface area contributed by atoms with Gasteiger partial charge in [-0.3, -0.25) is 9.59 Å². The molecule has 6 heteroatoms. The Morgan fingerprint density at radius 2 is 1.70 bits per heavy atom. The summed E-state index contributed by atoms with van der Waals surface area (Å²) in [4.78, 5) is 24.5. The fourth-order valence-corrected chi connectivity index (χ4v) is 2.66. The summed E-state index contributed by atoms with van der Waals surface area (Å²) in [6, 6.07) is 13.0. The largest absolute Gasteiger partial charge is 0.481 e. The molecule has 2 rings (SSSR count). The number of hydrogen-bond acceptors (Lipinski definition) is 3. The molecule has 0 saturated carbocycles. The predicted molar refractivity (Wildman–Crippen MR) is 92.0 cm³/mol. The molecule has 23 heavy (non-hydrogen) atoms. The Kier molecular flexibility index (Phi) is 6.05. The monoisotopic (exact) mass is 370 g/mol. The molecule has 2 unspecified atom stereocenters. The first-order valence-electron chi connectivity index (χ1n) is 6.79. The van der Waals surface area contributed by atoms with Gasteiger partial charge in [-0.15, -0.1) is 11.6 Å². The zero-order valence-corrected chi connectivity index (χ0v) is 14.4. The summed E-state index contributed by atoms with van der Waals surface area (Å²) in [6.07, 6.45) is -0.927. The SMILES string of the molecule is CC(Oc1ccc(Cl)cc1Cl)C(=O)C(Cl)C(=O)c1ccccc1. The first-order chi connectivity index (χ1) is 10.9. The molecule has 2 atom stereocenters. The van der Waals surface area contributed by atoms with E-state index in [1.165, 1.54) is 13.0 Å². The quantitative estimate of drug-likeness (QED) is 0.415. The number of ether oxygens (including phenoxy) is 1. The van der Waals surface area contributed by atoms with Crippen LogP contribution in [0.1, 0.15) is 17.3 Å². The highest BCUT2D eigenvalue weighted by molar-refractivity contribution is 6.45. The lowest BCUT2D eigenvalue weighted by atomic mass is 10.0. The van der Waals surface area contributed by atoms with Gasteiger partial charge in [-0.1, -0.05) is 53.5 Å². The van der Waals surface area contributed by atoms with Crippen LogP contribution in [-0.2, 0) is 4.79 Å². The predicted octanol–water partition coefficient (Wildman–Crippen LogP) is 4.82. The van der Waals surface area contributed by atoms with Crippen molar-refractivity contribution in [1.29, 1.82) is 0 Å². The molecule has 2 aromatic carbocycles. The Bertz CT molecular complexity index is 716. The second-order valence-electron chi connectivity index (χ2n) is 4.83. The number of benzene rings is 2. The highest BCUT2D eigenvalue weighted by atomic mass is 35.5. The fourth-order valence-electron chi connectivity index (χ4n) is 1.90. The van der Waals surface area contributed by atoms with Crippen LogP contribution in [0, 0.1) is 0 Å². The smallest absolute Gasteiger partial charge is 0.198 e. The van der Waals surface area contributed by atoms with Crippen LogP contribution in [0.25, 0.3) is 0 Å². The zero-order valence-electron chi connectivity index (χ0n) is 12.1. The molecule has 0 fully saturated rings. The third kappa shape index (κ3) is 4.47. The van der Waals surface area contributed by atoms with Gasteiger partial charge in [0, 0.05) is 10.6 Å². The molecule has 0 heterocycles. The molecule has 120 valence electrons. The van der Waals surface area contributed by atoms with Crippen LogP contribution in [0.2, 0.25) is 10.0 Å². The molecule has 0 aliphatic rings. The molecule has 0 aliphatic carbocycles. The van der Waals surface area contributed by atoms with E-state index in [2.05, 4.69) is 0 Å². The highest BCUT2D eigenvalue weighted by Crippen LogP contribution is 2.28. The summed E-state index contributed by atoms with van der Waals surface area (Å²) in [7, 11) is 0. The second-order valence-corrected chi connectivity index (χ2v) is 6.11. The van der Waals surface area contributed by atoms with E-state index in [0.717, 1.165) is 0 Å². The van der Waals surface area contributed by atoms with Gasteiger partial charge in [0.15, 0.2) is 23.0 Å². The molecule has 0 saturated heterocycles. The Labute approximate surface area is 149 Å². The van der Waals surface area contributed by atoms with Crippen LogP contribution in [0.5, 0.6) is 5.75 Å². The van der Waals surface area contributed by atoms with Gasteiger partial charge in [0.1, 0.15) is 5.75 Å². The third-order valence-electron chi connectivity index (χ3n) is 3.14. The summed E-state index contributed by atoms with van der Waals surface area (Å²) < 4.78 is 5.49. The van der Waals surface area contributed by atoms with Crippen molar-refractivity contribution in [2.75, 3.05) is 0 Å². The number of carbonyl (C=O) groups is 2. The van der Waals surface area contributed by atoms with Crippen LogP contribution in [-0.4, -0.2) is 23.0 Å². The summed E-state index contributed by atoms with van der Waals surface area (Å²) in [5.41, 5.74) is 0.373. The highest BCUT2D eigenvalue weighted by Gasteiger charge is 2.30. The van der Waals surface area contributed by atoms with Gasteiger partial charge in [0.05, 0.1) is 5.02 Å². The zero-order chi connectivity index (χ0) is 17.0. The number of ketones is 2. The van der Waals surface area contributed by atoms with Crippen molar-refractivity contribution in [1.82, 2.24) is 0 Å². The van der Waals surface area contributed by atoms with Gasteiger partial charge in [0.2, 0.25) is 0 Å². The van der Waals surface area contributed by atoms with Crippen molar-refractivity contribution in [2.24, 2.45) is 0 Å². The van der Waals surface area contributed by atoms with E-state index in [-0.39, 0.29) is 5.02 Å². The van der Waals surface area contributed by atoms with E-state index in [0.29, 0.717) is 16.3 Å². The molecule has 3 nitrogen and oxygen atoms in total. The molecule has 2 aromatic rings. The average Bonchev–Trinajstić information content (AvgIpc) is 2.56. The molecule has 0 aliphatic heterocycles. The molecule has 0 bridgehead atoms. The molecular formula is C17H13Cl3O3. The van der Waals surface area contributed by atoms with Crippen molar-refractivity contribution in [3.63, 3.8) is 0 Å². The van der Waals surface area contributed by atoms with E-state index in [9.17, 15) is 9.59 Å². The van der Waals surface area contributed by atoms with Crippen LogP contribution < -0.4 is 4.74 Å². The fraction of sp³-hybridized carbons (Fsp3) is 0.176. The Morgan fingerprint density at radius 1 is 1.04 bits per heavy atom. The van der Waals surface area contributed by atoms with Gasteiger partial charge < -0.3 is 4.74 Å². The second kappa shape index (κ2) is 7.82. The Balaban J connectivity index is 2.08.